The second-order valence-corrected chi connectivity index (χ2v) is 4.53. The lowest BCUT2D eigenvalue weighted by atomic mass is 10.1. The molecule has 1 aromatic rings. The average Bonchev–Trinajstić information content (AvgIpc) is 2.45. The smallest absolute Gasteiger partial charge is 0.317 e. The number of urea groups is 1. The van der Waals surface area contributed by atoms with Crippen LogP contribution in [0.15, 0.2) is 24.3 Å². The maximum atomic E-state index is 11.8. The molecule has 3 amide bonds. The fourth-order valence-corrected chi connectivity index (χ4v) is 1.78. The first-order valence-electron chi connectivity index (χ1n) is 6.96. The fraction of sp³-hybridized carbons (Fsp3) is 0.467. The van der Waals surface area contributed by atoms with Crippen LogP contribution < -0.4 is 10.6 Å². The summed E-state index contributed by atoms with van der Waals surface area (Å²) in [6.07, 6.45) is 0. The number of nitrogens with zero attached hydrogens (tertiary/aromatic N) is 1. The lowest BCUT2D eigenvalue weighted by Crippen LogP contribution is -2.42. The number of aryl methyl sites for hydroxylation is 1. The van der Waals surface area contributed by atoms with Gasteiger partial charge in [0.05, 0.1) is 0 Å². The van der Waals surface area contributed by atoms with Crippen molar-refractivity contribution in [2.45, 2.75) is 20.8 Å². The predicted octanol–water partition coefficient (Wildman–Crippen LogP) is 1.78. The molecule has 110 valence electrons. The molecule has 1 rings (SSSR count). The van der Waals surface area contributed by atoms with Gasteiger partial charge in [0.1, 0.15) is 0 Å². The summed E-state index contributed by atoms with van der Waals surface area (Å²) in [5, 5.41) is 5.55. The van der Waals surface area contributed by atoms with Crippen LogP contribution in [0.1, 0.15) is 29.8 Å². The molecule has 0 radical (unpaired) electrons. The molecule has 0 heterocycles. The summed E-state index contributed by atoms with van der Waals surface area (Å²) in [4.78, 5) is 25.2. The second kappa shape index (κ2) is 8.19. The third-order valence-electron chi connectivity index (χ3n) is 3.05. The number of hydrogen-bond donors (Lipinski definition) is 2. The van der Waals surface area contributed by atoms with Crippen molar-refractivity contribution in [1.82, 2.24) is 15.5 Å². The molecule has 5 heteroatoms. The molecule has 20 heavy (non-hydrogen) atoms. The van der Waals surface area contributed by atoms with Crippen molar-refractivity contribution < 1.29 is 9.59 Å². The van der Waals surface area contributed by atoms with E-state index in [1.54, 1.807) is 17.0 Å². The molecule has 0 fully saturated rings. The van der Waals surface area contributed by atoms with E-state index in [2.05, 4.69) is 10.6 Å². The molecule has 0 aliphatic heterocycles. The Bertz CT molecular complexity index is 439. The van der Waals surface area contributed by atoms with Gasteiger partial charge in [-0.3, -0.25) is 4.79 Å². The third kappa shape index (κ3) is 4.91. The van der Waals surface area contributed by atoms with Gasteiger partial charge < -0.3 is 15.5 Å². The summed E-state index contributed by atoms with van der Waals surface area (Å²) in [7, 11) is 0. The summed E-state index contributed by atoms with van der Waals surface area (Å²) in [6, 6.07) is 7.28. The van der Waals surface area contributed by atoms with E-state index in [1.807, 2.05) is 32.9 Å². The normalized spacial score (nSPS) is 9.95. The lowest BCUT2D eigenvalue weighted by molar-refractivity contribution is 0.0953. The number of carbonyl (C=O) groups excluding carboxylic acids is 2. The first-order chi connectivity index (χ1) is 9.58. The van der Waals surface area contributed by atoms with E-state index < -0.39 is 0 Å². The fourth-order valence-electron chi connectivity index (χ4n) is 1.78. The van der Waals surface area contributed by atoms with Crippen LogP contribution in [0, 0.1) is 6.92 Å². The Balaban J connectivity index is 2.29. The third-order valence-corrected chi connectivity index (χ3v) is 3.05. The zero-order valence-electron chi connectivity index (χ0n) is 12.4. The summed E-state index contributed by atoms with van der Waals surface area (Å²) in [6.45, 7) is 8.04. The van der Waals surface area contributed by atoms with Gasteiger partial charge in [0.25, 0.3) is 5.91 Å². The lowest BCUT2D eigenvalue weighted by Gasteiger charge is -2.19. The number of hydrogen-bond acceptors (Lipinski definition) is 2. The van der Waals surface area contributed by atoms with E-state index >= 15 is 0 Å². The van der Waals surface area contributed by atoms with Crippen LogP contribution in [-0.2, 0) is 0 Å². The van der Waals surface area contributed by atoms with Crippen LogP contribution >= 0.6 is 0 Å². The van der Waals surface area contributed by atoms with Crippen LogP contribution in [0.25, 0.3) is 0 Å². The van der Waals surface area contributed by atoms with Gasteiger partial charge in [0.15, 0.2) is 0 Å². The molecule has 0 aliphatic rings. The van der Waals surface area contributed by atoms with Gasteiger partial charge in [-0.25, -0.2) is 4.79 Å². The minimum Gasteiger partial charge on any atom is -0.350 e. The molecule has 1 aromatic carbocycles. The number of rotatable bonds is 6. The van der Waals surface area contributed by atoms with Gasteiger partial charge in [-0.1, -0.05) is 17.7 Å². The van der Waals surface area contributed by atoms with E-state index in [-0.39, 0.29) is 11.9 Å². The SMILES string of the molecule is CCN(CC)C(=O)NCCNC(=O)c1ccc(C)cc1. The van der Waals surface area contributed by atoms with E-state index in [4.69, 9.17) is 0 Å². The molecule has 0 spiro atoms. The Morgan fingerprint density at radius 1 is 1.00 bits per heavy atom. The molecular weight excluding hydrogens is 254 g/mol. The Morgan fingerprint density at radius 3 is 2.10 bits per heavy atom. The average molecular weight is 277 g/mol. The minimum atomic E-state index is -0.123. The summed E-state index contributed by atoms with van der Waals surface area (Å²) >= 11 is 0. The first kappa shape index (κ1) is 16.0. The predicted molar refractivity (Wildman–Crippen MR) is 79.8 cm³/mol. The Labute approximate surface area is 120 Å². The minimum absolute atomic E-state index is 0.0976. The molecule has 0 unspecified atom stereocenters. The maximum absolute atomic E-state index is 11.8. The highest BCUT2D eigenvalue weighted by Crippen LogP contribution is 2.02. The van der Waals surface area contributed by atoms with E-state index in [0.29, 0.717) is 31.7 Å². The molecule has 0 atom stereocenters. The van der Waals surface area contributed by atoms with Crippen LogP contribution in [0.5, 0.6) is 0 Å². The van der Waals surface area contributed by atoms with Gasteiger partial charge in [-0.05, 0) is 32.9 Å². The van der Waals surface area contributed by atoms with E-state index in [9.17, 15) is 9.59 Å². The number of benzene rings is 1. The Morgan fingerprint density at radius 2 is 1.55 bits per heavy atom. The molecule has 5 nitrogen and oxygen atoms in total. The summed E-state index contributed by atoms with van der Waals surface area (Å²) in [5.41, 5.74) is 1.75. The Hall–Kier alpha value is -2.04. The number of nitrogens with one attached hydrogen (secondary N) is 2. The summed E-state index contributed by atoms with van der Waals surface area (Å²) < 4.78 is 0. The van der Waals surface area contributed by atoms with E-state index in [1.165, 1.54) is 0 Å². The van der Waals surface area contributed by atoms with Gasteiger partial charge in [-0.2, -0.15) is 0 Å². The van der Waals surface area contributed by atoms with Gasteiger partial charge >= 0.3 is 6.03 Å². The van der Waals surface area contributed by atoms with Crippen LogP contribution in [-0.4, -0.2) is 43.0 Å². The first-order valence-corrected chi connectivity index (χ1v) is 6.96. The molecule has 2 N–H and O–H groups in total. The highest BCUT2D eigenvalue weighted by Gasteiger charge is 2.08. The van der Waals surface area contributed by atoms with Crippen LogP contribution in [0.4, 0.5) is 4.79 Å². The van der Waals surface area contributed by atoms with Crippen molar-refractivity contribution in [2.24, 2.45) is 0 Å². The summed E-state index contributed by atoms with van der Waals surface area (Å²) in [5.74, 6) is -0.123. The van der Waals surface area contributed by atoms with Crippen LogP contribution in [0.3, 0.4) is 0 Å². The van der Waals surface area contributed by atoms with Gasteiger partial charge in [-0.15, -0.1) is 0 Å². The van der Waals surface area contributed by atoms with Crippen molar-refractivity contribution in [3.05, 3.63) is 35.4 Å². The second-order valence-electron chi connectivity index (χ2n) is 4.53. The quantitative estimate of drug-likeness (QED) is 0.779. The molecule has 0 saturated heterocycles. The monoisotopic (exact) mass is 277 g/mol. The van der Waals surface area contributed by atoms with Crippen molar-refractivity contribution in [3.63, 3.8) is 0 Å². The maximum Gasteiger partial charge on any atom is 0.317 e. The highest BCUT2D eigenvalue weighted by atomic mass is 16.2. The van der Waals surface area contributed by atoms with Crippen molar-refractivity contribution in [3.8, 4) is 0 Å². The largest absolute Gasteiger partial charge is 0.350 e. The van der Waals surface area contributed by atoms with Gasteiger partial charge in [0.2, 0.25) is 0 Å². The highest BCUT2D eigenvalue weighted by molar-refractivity contribution is 5.94. The molecular formula is C15H23N3O2. The zero-order valence-corrected chi connectivity index (χ0v) is 12.4. The standard InChI is InChI=1S/C15H23N3O2/c1-4-18(5-2)15(20)17-11-10-16-14(19)13-8-6-12(3)7-9-13/h6-9H,4-5,10-11H2,1-3H3,(H,16,19)(H,17,20). The number of amides is 3. The molecule has 0 saturated carbocycles. The zero-order chi connectivity index (χ0) is 15.0. The van der Waals surface area contributed by atoms with Gasteiger partial charge in [0, 0.05) is 31.7 Å². The van der Waals surface area contributed by atoms with Crippen LogP contribution in [0.2, 0.25) is 0 Å². The van der Waals surface area contributed by atoms with Crippen molar-refractivity contribution >= 4 is 11.9 Å². The molecule has 0 aromatic heterocycles. The molecule has 0 bridgehead atoms. The van der Waals surface area contributed by atoms with Crippen molar-refractivity contribution in [1.29, 1.82) is 0 Å². The topological polar surface area (TPSA) is 61.4 Å². The number of carbonyl (C=O) groups is 2. The Kier molecular flexibility index (Phi) is 6.56. The van der Waals surface area contributed by atoms with E-state index in [0.717, 1.165) is 5.56 Å². The van der Waals surface area contributed by atoms with Crippen molar-refractivity contribution in [2.75, 3.05) is 26.2 Å². The molecule has 0 aliphatic carbocycles.